The van der Waals surface area contributed by atoms with E-state index in [1.54, 1.807) is 0 Å². The molecule has 0 saturated heterocycles. The number of esters is 3. The van der Waals surface area contributed by atoms with Gasteiger partial charge in [-0.2, -0.15) is 0 Å². The van der Waals surface area contributed by atoms with Gasteiger partial charge in [0, 0.05) is 19.3 Å². The number of rotatable bonds is 45. The van der Waals surface area contributed by atoms with E-state index in [1.165, 1.54) is 122 Å². The highest BCUT2D eigenvalue weighted by Crippen LogP contribution is 2.14. The average molecular weight is 827 g/mol. The number of carbonyl (C=O) groups excluding carboxylic acids is 3. The van der Waals surface area contributed by atoms with Crippen LogP contribution in [0, 0.1) is 0 Å². The first-order valence-corrected chi connectivity index (χ1v) is 25.1. The molecule has 0 N–H and O–H groups in total. The number of allylic oxidation sites excluding steroid dienone is 8. The minimum Gasteiger partial charge on any atom is -0.462 e. The summed E-state index contributed by atoms with van der Waals surface area (Å²) in [6, 6.07) is 0. The van der Waals surface area contributed by atoms with Gasteiger partial charge in [-0.15, -0.1) is 0 Å². The molecular weight excluding hydrogens is 733 g/mol. The van der Waals surface area contributed by atoms with Crippen LogP contribution < -0.4 is 0 Å². The molecule has 1 atom stereocenters. The molecule has 0 radical (unpaired) electrons. The van der Waals surface area contributed by atoms with Gasteiger partial charge in [0.2, 0.25) is 0 Å². The molecule has 6 nitrogen and oxygen atoms in total. The van der Waals surface area contributed by atoms with Crippen molar-refractivity contribution >= 4 is 17.9 Å². The number of ether oxygens (including phenoxy) is 3. The lowest BCUT2D eigenvalue weighted by molar-refractivity contribution is -0.167. The van der Waals surface area contributed by atoms with E-state index in [4.69, 9.17) is 14.2 Å². The van der Waals surface area contributed by atoms with Crippen LogP contribution in [0.15, 0.2) is 48.6 Å². The topological polar surface area (TPSA) is 78.9 Å². The van der Waals surface area contributed by atoms with Crippen LogP contribution in [0.2, 0.25) is 0 Å². The highest BCUT2D eigenvalue weighted by atomic mass is 16.6. The Morgan fingerprint density at radius 3 is 1.02 bits per heavy atom. The molecule has 0 fully saturated rings. The van der Waals surface area contributed by atoms with E-state index in [-0.39, 0.29) is 31.1 Å². The summed E-state index contributed by atoms with van der Waals surface area (Å²) in [5, 5.41) is 0. The van der Waals surface area contributed by atoms with E-state index in [0.717, 1.165) is 89.9 Å². The van der Waals surface area contributed by atoms with Crippen LogP contribution in [0.4, 0.5) is 0 Å². The maximum atomic E-state index is 12.7. The van der Waals surface area contributed by atoms with Crippen LogP contribution in [-0.2, 0) is 28.6 Å². The SMILES string of the molecule is CCCC/C=C\CCCCCCCC(=O)OC(COC(=O)CCCCCCCCC)COC(=O)CCCCCCCCCC/C=C\C/C=C\C/C=C\CCCCCCC. The summed E-state index contributed by atoms with van der Waals surface area (Å²) in [5.74, 6) is -0.900. The summed E-state index contributed by atoms with van der Waals surface area (Å²) < 4.78 is 16.7. The largest absolute Gasteiger partial charge is 0.462 e. The second-order valence-corrected chi connectivity index (χ2v) is 16.7. The van der Waals surface area contributed by atoms with Crippen LogP contribution in [0.25, 0.3) is 0 Å². The number of unbranched alkanes of at least 4 members (excludes halogenated alkanes) is 26. The number of hydrogen-bond acceptors (Lipinski definition) is 6. The van der Waals surface area contributed by atoms with Gasteiger partial charge in [-0.1, -0.05) is 204 Å². The van der Waals surface area contributed by atoms with Crippen molar-refractivity contribution in [3.05, 3.63) is 48.6 Å². The summed E-state index contributed by atoms with van der Waals surface area (Å²) in [6.07, 6.45) is 56.9. The minimum absolute atomic E-state index is 0.0782. The molecule has 6 heteroatoms. The summed E-state index contributed by atoms with van der Waals surface area (Å²) in [5.41, 5.74) is 0. The Labute approximate surface area is 365 Å². The molecule has 0 rings (SSSR count). The van der Waals surface area contributed by atoms with Crippen LogP contribution in [-0.4, -0.2) is 37.2 Å². The average Bonchev–Trinajstić information content (AvgIpc) is 3.23. The van der Waals surface area contributed by atoms with Gasteiger partial charge in [-0.05, 0) is 77.0 Å². The van der Waals surface area contributed by atoms with Crippen molar-refractivity contribution in [3.63, 3.8) is 0 Å². The normalized spacial score (nSPS) is 12.4. The van der Waals surface area contributed by atoms with Crippen LogP contribution in [0.5, 0.6) is 0 Å². The van der Waals surface area contributed by atoms with Gasteiger partial charge in [-0.3, -0.25) is 14.4 Å². The fraction of sp³-hybridized carbons (Fsp3) is 0.792. The van der Waals surface area contributed by atoms with Gasteiger partial charge in [0.15, 0.2) is 6.10 Å². The van der Waals surface area contributed by atoms with Crippen molar-refractivity contribution in [2.24, 2.45) is 0 Å². The first-order valence-electron chi connectivity index (χ1n) is 25.1. The third-order valence-corrected chi connectivity index (χ3v) is 10.8. The first-order chi connectivity index (χ1) is 29.0. The van der Waals surface area contributed by atoms with Crippen molar-refractivity contribution in [3.8, 4) is 0 Å². The number of hydrogen-bond donors (Lipinski definition) is 0. The molecule has 59 heavy (non-hydrogen) atoms. The van der Waals surface area contributed by atoms with E-state index in [1.807, 2.05) is 0 Å². The Morgan fingerprint density at radius 2 is 0.627 bits per heavy atom. The second-order valence-electron chi connectivity index (χ2n) is 16.7. The van der Waals surface area contributed by atoms with Crippen molar-refractivity contribution in [1.82, 2.24) is 0 Å². The fourth-order valence-electron chi connectivity index (χ4n) is 6.96. The molecule has 0 bridgehead atoms. The quantitative estimate of drug-likeness (QED) is 0.0263. The molecule has 0 aromatic carbocycles. The Morgan fingerprint density at radius 1 is 0.339 bits per heavy atom. The molecular formula is C53H94O6. The van der Waals surface area contributed by atoms with E-state index in [2.05, 4.69) is 69.4 Å². The molecule has 0 aliphatic carbocycles. The summed E-state index contributed by atoms with van der Waals surface area (Å²) >= 11 is 0. The van der Waals surface area contributed by atoms with Crippen molar-refractivity contribution in [1.29, 1.82) is 0 Å². The van der Waals surface area contributed by atoms with Crippen LogP contribution in [0.3, 0.4) is 0 Å². The molecule has 0 aromatic rings. The van der Waals surface area contributed by atoms with Gasteiger partial charge >= 0.3 is 17.9 Å². The van der Waals surface area contributed by atoms with Gasteiger partial charge in [-0.25, -0.2) is 0 Å². The maximum Gasteiger partial charge on any atom is 0.306 e. The summed E-state index contributed by atoms with van der Waals surface area (Å²) in [4.78, 5) is 37.7. The third-order valence-electron chi connectivity index (χ3n) is 10.8. The van der Waals surface area contributed by atoms with Crippen molar-refractivity contribution in [2.75, 3.05) is 13.2 Å². The molecule has 0 amide bonds. The fourth-order valence-corrected chi connectivity index (χ4v) is 6.96. The molecule has 1 unspecified atom stereocenters. The van der Waals surface area contributed by atoms with E-state index < -0.39 is 6.10 Å². The van der Waals surface area contributed by atoms with Gasteiger partial charge in [0.05, 0.1) is 0 Å². The first kappa shape index (κ1) is 56.4. The smallest absolute Gasteiger partial charge is 0.306 e. The summed E-state index contributed by atoms with van der Waals surface area (Å²) in [6.45, 7) is 6.53. The lowest BCUT2D eigenvalue weighted by Gasteiger charge is -2.18. The molecule has 0 aliphatic heterocycles. The van der Waals surface area contributed by atoms with E-state index >= 15 is 0 Å². The highest BCUT2D eigenvalue weighted by Gasteiger charge is 2.19. The molecule has 342 valence electrons. The molecule has 0 spiro atoms. The zero-order valence-corrected chi connectivity index (χ0v) is 39.0. The van der Waals surface area contributed by atoms with Crippen LogP contribution in [0.1, 0.15) is 252 Å². The standard InChI is InChI=1S/C53H94O6/c1-4-7-10-13-16-18-20-21-22-23-24-25-26-27-28-29-30-31-33-34-37-40-43-46-52(55)58-49-50(48-57-51(54)45-42-39-36-15-12-9-6-3)59-53(56)47-44-41-38-35-32-19-17-14-11-8-5-2/h14,17,20-21,23-24,26-27,50H,4-13,15-16,18-19,22,25,28-49H2,1-3H3/b17-14-,21-20-,24-23-,27-26-. The molecule has 0 saturated carbocycles. The Balaban J connectivity index is 4.18. The van der Waals surface area contributed by atoms with Crippen molar-refractivity contribution < 1.29 is 28.6 Å². The van der Waals surface area contributed by atoms with Gasteiger partial charge < -0.3 is 14.2 Å². The lowest BCUT2D eigenvalue weighted by Crippen LogP contribution is -2.30. The minimum atomic E-state index is -0.775. The van der Waals surface area contributed by atoms with Crippen molar-refractivity contribution in [2.45, 2.75) is 258 Å². The predicted molar refractivity (Wildman–Crippen MR) is 252 cm³/mol. The Hall–Kier alpha value is -2.63. The number of carbonyl (C=O) groups is 3. The van der Waals surface area contributed by atoms with Gasteiger partial charge in [0.1, 0.15) is 13.2 Å². The Kier molecular flexibility index (Phi) is 45.9. The second kappa shape index (κ2) is 48.0. The summed E-state index contributed by atoms with van der Waals surface area (Å²) in [7, 11) is 0. The van der Waals surface area contributed by atoms with Crippen LogP contribution >= 0.6 is 0 Å². The zero-order valence-electron chi connectivity index (χ0n) is 39.0. The monoisotopic (exact) mass is 827 g/mol. The third kappa shape index (κ3) is 46.3. The zero-order chi connectivity index (χ0) is 43.0. The molecule has 0 aliphatic rings. The highest BCUT2D eigenvalue weighted by molar-refractivity contribution is 5.71. The Bertz CT molecular complexity index is 1040. The predicted octanol–water partition coefficient (Wildman–Crippen LogP) is 16.3. The molecule has 0 aromatic heterocycles. The maximum absolute atomic E-state index is 12.7. The molecule has 0 heterocycles. The lowest BCUT2D eigenvalue weighted by atomic mass is 10.1. The van der Waals surface area contributed by atoms with Gasteiger partial charge in [0.25, 0.3) is 0 Å². The van der Waals surface area contributed by atoms with E-state index in [9.17, 15) is 14.4 Å². The van der Waals surface area contributed by atoms with E-state index in [0.29, 0.717) is 19.3 Å².